The van der Waals surface area contributed by atoms with Crippen LogP contribution in [0.1, 0.15) is 0 Å². The zero-order valence-corrected chi connectivity index (χ0v) is 5.95. The molecular weight excluding hydrogens is 149 g/mol. The molecule has 0 aliphatic carbocycles. The van der Waals surface area contributed by atoms with Crippen molar-refractivity contribution in [3.05, 3.63) is 4.91 Å². The summed E-state index contributed by atoms with van der Waals surface area (Å²) in [6.07, 6.45) is 0. The van der Waals surface area contributed by atoms with E-state index in [2.05, 4.69) is 0 Å². The van der Waals surface area contributed by atoms with Crippen molar-refractivity contribution in [2.24, 2.45) is 0 Å². The lowest BCUT2D eigenvalue weighted by Gasteiger charge is -1.83. The molecule has 0 N–H and O–H groups in total. The van der Waals surface area contributed by atoms with Gasteiger partial charge in [-0.05, 0) is 0 Å². The van der Waals surface area contributed by atoms with Gasteiger partial charge in [0.1, 0.15) is 0 Å². The molecule has 0 amide bonds. The lowest BCUT2D eigenvalue weighted by Crippen LogP contribution is -2.13. The predicted octanol–water partition coefficient (Wildman–Crippen LogP) is 1.24. The second-order valence-electron chi connectivity index (χ2n) is 1.31. The first-order chi connectivity index (χ1) is 3.81. The molecule has 48 valence electrons. The van der Waals surface area contributed by atoms with Gasteiger partial charge < -0.3 is 0 Å². The molecule has 8 heavy (non-hydrogen) atoms. The Morgan fingerprint density at radius 3 is 1.75 bits per heavy atom. The second kappa shape index (κ2) is 5.32. The van der Waals surface area contributed by atoms with Crippen molar-refractivity contribution in [1.82, 2.24) is 0 Å². The minimum Gasteiger partial charge on any atom is -0.120 e. The van der Waals surface area contributed by atoms with Gasteiger partial charge >= 0.3 is 0 Å². The van der Waals surface area contributed by atoms with Crippen LogP contribution < -0.4 is 0 Å². The fourth-order valence-corrected chi connectivity index (χ4v) is 0.677. The van der Waals surface area contributed by atoms with E-state index in [-0.39, 0.29) is 0 Å². The fourth-order valence-electron chi connectivity index (χ4n) is 0.300. The largest absolute Gasteiger partial charge is 0.205 e. The molecule has 0 aliphatic rings. The average Bonchev–Trinajstić information content (AvgIpc) is 1.68. The molecular formula is C4H8Cl2NO+. The Kier molecular flexibility index (Phi) is 5.44. The van der Waals surface area contributed by atoms with Crippen LogP contribution in [0.2, 0.25) is 0 Å². The number of nitrogens with zero attached hydrogens (tertiary/aromatic N) is 1. The third-order valence-electron chi connectivity index (χ3n) is 0.668. The minimum absolute atomic E-state index is 0.369. The molecule has 4 heteroatoms. The van der Waals surface area contributed by atoms with Crippen molar-refractivity contribution in [3.8, 4) is 0 Å². The number of alkyl halides is 2. The van der Waals surface area contributed by atoms with Crippen LogP contribution >= 0.6 is 23.2 Å². The minimum atomic E-state index is 0.369. The fraction of sp³-hybridized carbons (Fsp3) is 1.00. The molecule has 0 radical (unpaired) electrons. The highest BCUT2D eigenvalue weighted by atomic mass is 35.5. The Labute approximate surface area is 58.3 Å². The molecule has 0 fully saturated rings. The summed E-state index contributed by atoms with van der Waals surface area (Å²) in [5, 5.41) is 0. The lowest BCUT2D eigenvalue weighted by atomic mass is 10.6. The first-order valence-electron chi connectivity index (χ1n) is 2.35. The highest BCUT2D eigenvalue weighted by Crippen LogP contribution is 1.80. The molecule has 0 saturated heterocycles. The standard InChI is InChI=1S/C4H8Cl2NO/c5-1-3-7(8)4-2-6/h1-4H2/q+1. The van der Waals surface area contributed by atoms with E-state index in [0.717, 1.165) is 4.76 Å². The molecule has 0 unspecified atom stereocenters. The van der Waals surface area contributed by atoms with Crippen LogP contribution in [0.5, 0.6) is 0 Å². The van der Waals surface area contributed by atoms with Gasteiger partial charge in [0, 0.05) is 9.67 Å². The van der Waals surface area contributed by atoms with E-state index >= 15 is 0 Å². The molecule has 0 aliphatic heterocycles. The van der Waals surface area contributed by atoms with Gasteiger partial charge in [-0.3, -0.25) is 0 Å². The van der Waals surface area contributed by atoms with Gasteiger partial charge in [-0.25, -0.2) is 0 Å². The van der Waals surface area contributed by atoms with Crippen molar-refractivity contribution in [1.29, 1.82) is 0 Å². The number of nitroso groups, excluding NO2 is 1. The van der Waals surface area contributed by atoms with Gasteiger partial charge in [-0.15, -0.1) is 23.2 Å². The summed E-state index contributed by atoms with van der Waals surface area (Å²) in [6.45, 7) is 0.739. The van der Waals surface area contributed by atoms with E-state index in [4.69, 9.17) is 23.2 Å². The molecule has 0 rings (SSSR count). The molecule has 0 saturated carbocycles. The highest BCUT2D eigenvalue weighted by molar-refractivity contribution is 6.18. The van der Waals surface area contributed by atoms with Crippen LogP contribution in [0, 0.1) is 4.91 Å². The van der Waals surface area contributed by atoms with Crippen molar-refractivity contribution in [2.45, 2.75) is 0 Å². The van der Waals surface area contributed by atoms with E-state index in [1.165, 1.54) is 0 Å². The van der Waals surface area contributed by atoms with Crippen molar-refractivity contribution < 1.29 is 4.76 Å². The summed E-state index contributed by atoms with van der Waals surface area (Å²) in [5.41, 5.74) is 0. The molecule has 0 atom stereocenters. The van der Waals surface area contributed by atoms with Gasteiger partial charge in [-0.2, -0.15) is 0 Å². The van der Waals surface area contributed by atoms with Crippen LogP contribution in [0.25, 0.3) is 0 Å². The first kappa shape index (κ1) is 8.18. The first-order valence-corrected chi connectivity index (χ1v) is 3.42. The van der Waals surface area contributed by atoms with Crippen LogP contribution in [-0.2, 0) is 0 Å². The molecule has 0 spiro atoms. The smallest absolute Gasteiger partial charge is 0.120 e. The predicted molar refractivity (Wildman–Crippen MR) is 34.8 cm³/mol. The van der Waals surface area contributed by atoms with Gasteiger partial charge in [0.05, 0.1) is 11.8 Å². The van der Waals surface area contributed by atoms with Crippen LogP contribution in [0.15, 0.2) is 0 Å². The number of halogens is 2. The van der Waals surface area contributed by atoms with Gasteiger partial charge in [0.15, 0.2) is 0 Å². The zero-order chi connectivity index (χ0) is 6.41. The molecule has 2 nitrogen and oxygen atoms in total. The number of hydrogen-bond donors (Lipinski definition) is 0. The highest BCUT2D eigenvalue weighted by Gasteiger charge is 2.02. The molecule has 0 aromatic rings. The lowest BCUT2D eigenvalue weighted by molar-refractivity contribution is -0.539. The van der Waals surface area contributed by atoms with Crippen LogP contribution in [0.3, 0.4) is 0 Å². The monoisotopic (exact) mass is 156 g/mol. The molecule has 0 bridgehead atoms. The Balaban J connectivity index is 3.06. The van der Waals surface area contributed by atoms with Crippen LogP contribution in [-0.4, -0.2) is 29.6 Å². The molecule has 0 heterocycles. The van der Waals surface area contributed by atoms with Gasteiger partial charge in [0.25, 0.3) is 0 Å². The van der Waals surface area contributed by atoms with E-state index in [9.17, 15) is 4.91 Å². The summed E-state index contributed by atoms with van der Waals surface area (Å²) in [5.74, 6) is 0.751. The summed E-state index contributed by atoms with van der Waals surface area (Å²) in [6, 6.07) is 0. The van der Waals surface area contributed by atoms with Crippen molar-refractivity contribution in [2.75, 3.05) is 24.8 Å². The van der Waals surface area contributed by atoms with E-state index in [0.29, 0.717) is 24.8 Å². The maximum Gasteiger partial charge on any atom is 0.205 e. The van der Waals surface area contributed by atoms with Crippen molar-refractivity contribution >= 4 is 23.2 Å². The summed E-state index contributed by atoms with van der Waals surface area (Å²) >= 11 is 10.5. The summed E-state index contributed by atoms with van der Waals surface area (Å²) in [7, 11) is 0. The average molecular weight is 157 g/mol. The maximum atomic E-state index is 10.4. The van der Waals surface area contributed by atoms with E-state index < -0.39 is 0 Å². The SMILES string of the molecule is O=[N+](CCCl)CCCl. The number of hydrogen-bond acceptors (Lipinski definition) is 1. The quantitative estimate of drug-likeness (QED) is 0.444. The third kappa shape index (κ3) is 4.34. The van der Waals surface area contributed by atoms with Gasteiger partial charge in [0.2, 0.25) is 13.1 Å². The van der Waals surface area contributed by atoms with Gasteiger partial charge in [-0.1, -0.05) is 0 Å². The normalized spacial score (nSPS) is 9.25. The Hall–Kier alpha value is 0.180. The summed E-state index contributed by atoms with van der Waals surface area (Å²) in [4.78, 5) is 10.4. The van der Waals surface area contributed by atoms with Crippen LogP contribution in [0.4, 0.5) is 0 Å². The van der Waals surface area contributed by atoms with E-state index in [1.807, 2.05) is 0 Å². The topological polar surface area (TPSA) is 20.1 Å². The maximum absolute atomic E-state index is 10.4. The molecule has 0 aromatic carbocycles. The summed E-state index contributed by atoms with van der Waals surface area (Å²) < 4.78 is 0.847. The Morgan fingerprint density at radius 1 is 1.12 bits per heavy atom. The second-order valence-corrected chi connectivity index (χ2v) is 2.06. The number of rotatable bonds is 4. The zero-order valence-electron chi connectivity index (χ0n) is 4.44. The third-order valence-corrected chi connectivity index (χ3v) is 1.01. The Morgan fingerprint density at radius 2 is 1.50 bits per heavy atom. The molecule has 0 aromatic heterocycles. The Bertz CT molecular complexity index is 68.4. The van der Waals surface area contributed by atoms with Crippen molar-refractivity contribution in [3.63, 3.8) is 0 Å². The van der Waals surface area contributed by atoms with E-state index in [1.54, 1.807) is 0 Å².